The summed E-state index contributed by atoms with van der Waals surface area (Å²) in [5.74, 6) is -0.0587. The minimum absolute atomic E-state index is 0.118. The maximum absolute atomic E-state index is 12.3. The topological polar surface area (TPSA) is 21.3 Å². The van der Waals surface area contributed by atoms with Gasteiger partial charge in [-0.2, -0.15) is 0 Å². The number of nitrogens with one attached hydrogen (secondary N) is 1. The smallest absolute Gasteiger partial charge is 0.404 e. The number of anilines is 1. The lowest BCUT2D eigenvalue weighted by Gasteiger charge is -2.19. The lowest BCUT2D eigenvalue weighted by Crippen LogP contribution is -2.18. The van der Waals surface area contributed by atoms with Crippen molar-refractivity contribution in [2.75, 3.05) is 12.4 Å². The van der Waals surface area contributed by atoms with E-state index in [4.69, 9.17) is 0 Å². The Labute approximate surface area is 98.8 Å². The van der Waals surface area contributed by atoms with E-state index in [1.54, 1.807) is 14.0 Å². The van der Waals surface area contributed by atoms with Crippen molar-refractivity contribution in [2.45, 2.75) is 33.1 Å². The second-order valence-electron chi connectivity index (χ2n) is 4.18. The van der Waals surface area contributed by atoms with Gasteiger partial charge in [0.2, 0.25) is 0 Å². The Hall–Kier alpha value is -1.39. The standard InChI is InChI=1S/C12H16F3NO/c1-7(2)9-5-8(3)6-10(11(9)16-4)17-12(13,14)15/h5-7,16H,1-4H3. The molecule has 1 aromatic carbocycles. The Bertz CT molecular complexity index is 399. The highest BCUT2D eigenvalue weighted by atomic mass is 19.4. The third-order valence-electron chi connectivity index (χ3n) is 2.37. The van der Waals surface area contributed by atoms with Gasteiger partial charge in [0.05, 0.1) is 5.69 Å². The lowest BCUT2D eigenvalue weighted by molar-refractivity contribution is -0.274. The molecule has 0 aliphatic rings. The fraction of sp³-hybridized carbons (Fsp3) is 0.500. The van der Waals surface area contributed by atoms with Crippen molar-refractivity contribution >= 4 is 5.69 Å². The van der Waals surface area contributed by atoms with Crippen LogP contribution in [-0.4, -0.2) is 13.4 Å². The van der Waals surface area contributed by atoms with E-state index in [1.807, 2.05) is 19.9 Å². The molecule has 1 N–H and O–H groups in total. The van der Waals surface area contributed by atoms with Gasteiger partial charge in [-0.1, -0.05) is 19.9 Å². The van der Waals surface area contributed by atoms with Gasteiger partial charge in [-0.05, 0) is 30.0 Å². The van der Waals surface area contributed by atoms with Crippen molar-refractivity contribution in [1.29, 1.82) is 0 Å². The number of benzene rings is 1. The highest BCUT2D eigenvalue weighted by Gasteiger charge is 2.32. The van der Waals surface area contributed by atoms with Crippen molar-refractivity contribution in [3.8, 4) is 5.75 Å². The number of hydrogen-bond donors (Lipinski definition) is 1. The molecule has 0 fully saturated rings. The van der Waals surface area contributed by atoms with E-state index in [0.717, 1.165) is 11.1 Å². The number of halogens is 3. The van der Waals surface area contributed by atoms with Crippen molar-refractivity contribution in [3.05, 3.63) is 23.3 Å². The van der Waals surface area contributed by atoms with Gasteiger partial charge in [-0.25, -0.2) is 0 Å². The lowest BCUT2D eigenvalue weighted by atomic mass is 9.98. The highest BCUT2D eigenvalue weighted by Crippen LogP contribution is 2.37. The molecule has 0 heterocycles. The SMILES string of the molecule is CNc1c(OC(F)(F)F)cc(C)cc1C(C)C. The molecular weight excluding hydrogens is 231 g/mol. The first-order chi connectivity index (χ1) is 7.74. The fourth-order valence-electron chi connectivity index (χ4n) is 1.71. The summed E-state index contributed by atoms with van der Waals surface area (Å²) in [7, 11) is 1.58. The van der Waals surface area contributed by atoms with E-state index in [-0.39, 0.29) is 11.7 Å². The Morgan fingerprint density at radius 1 is 1.24 bits per heavy atom. The molecule has 1 rings (SSSR count). The van der Waals surface area contributed by atoms with E-state index in [1.165, 1.54) is 6.07 Å². The minimum atomic E-state index is -4.67. The molecule has 0 aromatic heterocycles. The molecule has 0 aliphatic heterocycles. The summed E-state index contributed by atoms with van der Waals surface area (Å²) >= 11 is 0. The largest absolute Gasteiger partial charge is 0.573 e. The van der Waals surface area contributed by atoms with Crippen LogP contribution in [0.5, 0.6) is 5.75 Å². The average molecular weight is 247 g/mol. The second-order valence-corrected chi connectivity index (χ2v) is 4.18. The van der Waals surface area contributed by atoms with E-state index < -0.39 is 6.36 Å². The van der Waals surface area contributed by atoms with Crippen LogP contribution in [0, 0.1) is 6.92 Å². The second kappa shape index (κ2) is 4.85. The zero-order valence-corrected chi connectivity index (χ0v) is 10.3. The molecule has 0 aliphatic carbocycles. The molecule has 96 valence electrons. The van der Waals surface area contributed by atoms with E-state index in [2.05, 4.69) is 10.1 Å². The molecule has 0 atom stereocenters. The van der Waals surface area contributed by atoms with Crippen molar-refractivity contribution < 1.29 is 17.9 Å². The summed E-state index contributed by atoms with van der Waals surface area (Å²) in [4.78, 5) is 0. The van der Waals surface area contributed by atoms with Gasteiger partial charge in [0.1, 0.15) is 0 Å². The maximum atomic E-state index is 12.3. The van der Waals surface area contributed by atoms with Gasteiger partial charge in [0, 0.05) is 7.05 Å². The van der Waals surface area contributed by atoms with Gasteiger partial charge >= 0.3 is 6.36 Å². The zero-order chi connectivity index (χ0) is 13.2. The molecule has 0 saturated heterocycles. The van der Waals surface area contributed by atoms with Crippen LogP contribution < -0.4 is 10.1 Å². The predicted molar refractivity (Wildman–Crippen MR) is 61.5 cm³/mol. The van der Waals surface area contributed by atoms with Crippen LogP contribution in [0.2, 0.25) is 0 Å². The molecule has 0 radical (unpaired) electrons. The summed E-state index contributed by atoms with van der Waals surface area (Å²) in [5, 5.41) is 2.77. The molecule has 0 spiro atoms. The summed E-state index contributed by atoms with van der Waals surface area (Å²) < 4.78 is 40.8. The fourth-order valence-corrected chi connectivity index (χ4v) is 1.71. The highest BCUT2D eigenvalue weighted by molar-refractivity contribution is 5.64. The van der Waals surface area contributed by atoms with Gasteiger partial charge in [-0.3, -0.25) is 0 Å². The van der Waals surface area contributed by atoms with Crippen LogP contribution in [0.25, 0.3) is 0 Å². The Morgan fingerprint density at radius 3 is 2.24 bits per heavy atom. The number of ether oxygens (including phenoxy) is 1. The van der Waals surface area contributed by atoms with E-state index in [9.17, 15) is 13.2 Å². The average Bonchev–Trinajstić information content (AvgIpc) is 2.14. The Balaban J connectivity index is 3.28. The Kier molecular flexibility index (Phi) is 3.91. The molecule has 5 heteroatoms. The first-order valence-electron chi connectivity index (χ1n) is 5.32. The zero-order valence-electron chi connectivity index (χ0n) is 10.3. The summed E-state index contributed by atoms with van der Waals surface area (Å²) in [6.07, 6.45) is -4.67. The van der Waals surface area contributed by atoms with Crippen molar-refractivity contribution in [2.24, 2.45) is 0 Å². The van der Waals surface area contributed by atoms with Crippen LogP contribution >= 0.6 is 0 Å². The first kappa shape index (κ1) is 13.7. The van der Waals surface area contributed by atoms with Crippen LogP contribution in [0.1, 0.15) is 30.9 Å². The predicted octanol–water partition coefficient (Wildman–Crippen LogP) is 4.06. The molecule has 2 nitrogen and oxygen atoms in total. The number of rotatable bonds is 3. The first-order valence-corrected chi connectivity index (χ1v) is 5.32. The van der Waals surface area contributed by atoms with Crippen LogP contribution in [-0.2, 0) is 0 Å². The number of aryl methyl sites for hydroxylation is 1. The molecule has 0 saturated carbocycles. The van der Waals surface area contributed by atoms with Crippen molar-refractivity contribution in [1.82, 2.24) is 0 Å². The van der Waals surface area contributed by atoms with Gasteiger partial charge in [-0.15, -0.1) is 13.2 Å². The van der Waals surface area contributed by atoms with Crippen LogP contribution in [0.4, 0.5) is 18.9 Å². The van der Waals surface area contributed by atoms with Gasteiger partial charge < -0.3 is 10.1 Å². The summed E-state index contributed by atoms with van der Waals surface area (Å²) in [6, 6.07) is 3.24. The molecule has 0 amide bonds. The monoisotopic (exact) mass is 247 g/mol. The van der Waals surface area contributed by atoms with Crippen LogP contribution in [0.15, 0.2) is 12.1 Å². The molecule has 1 aromatic rings. The Morgan fingerprint density at radius 2 is 1.82 bits per heavy atom. The van der Waals surface area contributed by atoms with E-state index >= 15 is 0 Å². The number of alkyl halides is 3. The summed E-state index contributed by atoms with van der Waals surface area (Å²) in [5.41, 5.74) is 1.95. The van der Waals surface area contributed by atoms with Crippen molar-refractivity contribution in [3.63, 3.8) is 0 Å². The van der Waals surface area contributed by atoms with E-state index in [0.29, 0.717) is 5.69 Å². The maximum Gasteiger partial charge on any atom is 0.573 e. The normalized spacial score (nSPS) is 11.8. The molecular formula is C12H16F3NO. The molecule has 0 bridgehead atoms. The molecule has 17 heavy (non-hydrogen) atoms. The third-order valence-corrected chi connectivity index (χ3v) is 2.37. The molecule has 0 unspecified atom stereocenters. The summed E-state index contributed by atoms with van der Waals surface area (Å²) in [6.45, 7) is 5.59. The quantitative estimate of drug-likeness (QED) is 0.869. The minimum Gasteiger partial charge on any atom is -0.404 e. The number of hydrogen-bond acceptors (Lipinski definition) is 2. The van der Waals surface area contributed by atoms with Crippen LogP contribution in [0.3, 0.4) is 0 Å². The van der Waals surface area contributed by atoms with Gasteiger partial charge in [0.25, 0.3) is 0 Å². The van der Waals surface area contributed by atoms with Gasteiger partial charge in [0.15, 0.2) is 5.75 Å². The third kappa shape index (κ3) is 3.54.